The highest BCUT2D eigenvalue weighted by atomic mass is 32.3. The van der Waals surface area contributed by atoms with Crippen LogP contribution in [0, 0.1) is 0 Å². The molecule has 0 aromatic heterocycles. The summed E-state index contributed by atoms with van der Waals surface area (Å²) in [5, 5.41) is 0. The predicted octanol–water partition coefficient (Wildman–Crippen LogP) is 0.678. The molecular formula is C14H25NO7S2. The highest BCUT2D eigenvalue weighted by molar-refractivity contribution is 8.13. The van der Waals surface area contributed by atoms with Crippen LogP contribution in [-0.2, 0) is 34.1 Å². The molecule has 10 heteroatoms. The lowest BCUT2D eigenvalue weighted by atomic mass is 10.4. The zero-order chi connectivity index (χ0) is 19.1. The van der Waals surface area contributed by atoms with E-state index in [1.165, 1.54) is 6.92 Å². The van der Waals surface area contributed by atoms with Gasteiger partial charge in [0.05, 0.1) is 13.2 Å². The number of sulfone groups is 1. The van der Waals surface area contributed by atoms with Crippen molar-refractivity contribution in [2.45, 2.75) is 26.8 Å². The summed E-state index contributed by atoms with van der Waals surface area (Å²) in [4.78, 5) is 11.1. The lowest BCUT2D eigenvalue weighted by Crippen LogP contribution is -2.41. The maximum absolute atomic E-state index is 12.3. The fourth-order valence-electron chi connectivity index (χ4n) is 1.55. The molecule has 0 rings (SSSR count). The van der Waals surface area contributed by atoms with Crippen molar-refractivity contribution in [1.82, 2.24) is 4.31 Å². The first-order valence-corrected chi connectivity index (χ1v) is 10.5. The van der Waals surface area contributed by atoms with Crippen LogP contribution >= 0.6 is 0 Å². The minimum Gasteiger partial charge on any atom is -0.460 e. The highest BCUT2D eigenvalue weighted by Crippen LogP contribution is 2.18. The molecule has 0 saturated heterocycles. The van der Waals surface area contributed by atoms with E-state index in [2.05, 4.69) is 13.2 Å². The van der Waals surface area contributed by atoms with Crippen molar-refractivity contribution >= 4 is 25.8 Å². The van der Waals surface area contributed by atoms with Gasteiger partial charge < -0.3 is 9.47 Å². The summed E-state index contributed by atoms with van der Waals surface area (Å²) in [6, 6.07) is -0.474. The second-order valence-corrected chi connectivity index (χ2v) is 9.59. The van der Waals surface area contributed by atoms with Crippen molar-refractivity contribution < 1.29 is 31.1 Å². The second-order valence-electron chi connectivity index (χ2n) is 5.38. The summed E-state index contributed by atoms with van der Waals surface area (Å²) in [5.74, 6) is -0.533. The summed E-state index contributed by atoms with van der Waals surface area (Å²) in [5.41, 5.74) is 0.270. The Hall–Kier alpha value is -1.23. The predicted molar refractivity (Wildman–Crippen MR) is 91.3 cm³/mol. The van der Waals surface area contributed by atoms with Crippen LogP contribution in [0.2, 0.25) is 0 Å². The molecule has 0 amide bonds. The first kappa shape index (κ1) is 22.8. The van der Waals surface area contributed by atoms with Crippen molar-refractivity contribution in [3.05, 3.63) is 23.0 Å². The Morgan fingerprint density at radius 1 is 1.08 bits per heavy atom. The summed E-state index contributed by atoms with van der Waals surface area (Å²) in [7, 11) is -8.13. The van der Waals surface area contributed by atoms with Crippen LogP contribution in [0.15, 0.2) is 23.0 Å². The van der Waals surface area contributed by atoms with Gasteiger partial charge in [-0.25, -0.2) is 21.6 Å². The zero-order valence-corrected chi connectivity index (χ0v) is 16.1. The minimum absolute atomic E-state index is 0.0101. The first-order chi connectivity index (χ1) is 10.8. The van der Waals surface area contributed by atoms with E-state index < -0.39 is 36.1 Å². The number of rotatable bonds is 11. The normalized spacial score (nSPS) is 12.4. The molecular weight excluding hydrogens is 358 g/mol. The third-order valence-corrected chi connectivity index (χ3v) is 7.02. The minimum atomic E-state index is -4.20. The SMILES string of the molecule is C=C(C)C(=O)OCCOCCN(C(C)C)S(=O)(=O)C(=C)S(C)(=O)=O. The molecule has 0 unspecified atom stereocenters. The van der Waals surface area contributed by atoms with E-state index in [9.17, 15) is 21.6 Å². The summed E-state index contributed by atoms with van der Waals surface area (Å²) in [6.45, 7) is 11.4. The molecule has 0 aromatic rings. The summed E-state index contributed by atoms with van der Waals surface area (Å²) < 4.78 is 57.7. The topological polar surface area (TPSA) is 107 Å². The average molecular weight is 383 g/mol. The Morgan fingerprint density at radius 2 is 1.62 bits per heavy atom. The maximum Gasteiger partial charge on any atom is 0.333 e. The molecule has 0 aliphatic carbocycles. The molecule has 0 heterocycles. The molecule has 0 radical (unpaired) electrons. The standard InChI is InChI=1S/C14H25NO7S2/c1-11(2)14(16)22-10-9-21-8-7-15(12(3)4)24(19,20)13(5)23(6,17)18/h12H,1,5,7-10H2,2-4,6H3. The number of nitrogens with zero attached hydrogens (tertiary/aromatic N) is 1. The molecule has 0 atom stereocenters. The molecule has 0 saturated carbocycles. The van der Waals surface area contributed by atoms with Crippen LogP contribution < -0.4 is 0 Å². The quantitative estimate of drug-likeness (QED) is 0.293. The van der Waals surface area contributed by atoms with Crippen LogP contribution in [0.25, 0.3) is 0 Å². The Bertz CT molecular complexity index is 678. The molecule has 0 fully saturated rings. The van der Waals surface area contributed by atoms with Gasteiger partial charge in [0.1, 0.15) is 6.61 Å². The van der Waals surface area contributed by atoms with Gasteiger partial charge in [-0.1, -0.05) is 13.2 Å². The number of esters is 1. The molecule has 0 aliphatic heterocycles. The third-order valence-electron chi connectivity index (χ3n) is 2.85. The van der Waals surface area contributed by atoms with Gasteiger partial charge in [0.25, 0.3) is 10.0 Å². The number of hydrogen-bond donors (Lipinski definition) is 0. The third kappa shape index (κ3) is 7.12. The highest BCUT2D eigenvalue weighted by Gasteiger charge is 2.32. The molecule has 0 aliphatic rings. The van der Waals surface area contributed by atoms with Crippen molar-refractivity contribution in [3.63, 3.8) is 0 Å². The van der Waals surface area contributed by atoms with Gasteiger partial charge in [-0.2, -0.15) is 4.31 Å². The smallest absolute Gasteiger partial charge is 0.333 e. The van der Waals surface area contributed by atoms with Gasteiger partial charge in [0.15, 0.2) is 14.1 Å². The Kier molecular flexibility index (Phi) is 8.83. The van der Waals surface area contributed by atoms with Crippen LogP contribution in [-0.4, -0.2) is 65.8 Å². The molecule has 8 nitrogen and oxygen atoms in total. The molecule has 0 bridgehead atoms. The van der Waals surface area contributed by atoms with Crippen LogP contribution in [0.1, 0.15) is 20.8 Å². The van der Waals surface area contributed by atoms with Crippen molar-refractivity contribution in [3.8, 4) is 0 Å². The molecule has 140 valence electrons. The van der Waals surface area contributed by atoms with Crippen molar-refractivity contribution in [2.75, 3.05) is 32.6 Å². The Morgan fingerprint density at radius 3 is 2.04 bits per heavy atom. The van der Waals surface area contributed by atoms with Gasteiger partial charge in [-0.3, -0.25) is 0 Å². The largest absolute Gasteiger partial charge is 0.460 e. The molecule has 0 aromatic carbocycles. The van der Waals surface area contributed by atoms with Crippen molar-refractivity contribution in [1.29, 1.82) is 0 Å². The number of carbonyl (C=O) groups excluding carboxylic acids is 1. The first-order valence-electron chi connectivity index (χ1n) is 7.13. The van der Waals surface area contributed by atoms with E-state index in [1.807, 2.05) is 0 Å². The maximum atomic E-state index is 12.3. The fourth-order valence-corrected chi connectivity index (χ4v) is 4.50. The van der Waals surface area contributed by atoms with Gasteiger partial charge in [0, 0.05) is 24.4 Å². The van der Waals surface area contributed by atoms with E-state index in [0.29, 0.717) is 0 Å². The van der Waals surface area contributed by atoms with E-state index in [-0.39, 0.29) is 31.9 Å². The lowest BCUT2D eigenvalue weighted by molar-refractivity contribution is -0.140. The number of carbonyl (C=O) groups is 1. The van der Waals surface area contributed by atoms with E-state index >= 15 is 0 Å². The van der Waals surface area contributed by atoms with E-state index in [4.69, 9.17) is 9.47 Å². The van der Waals surface area contributed by atoms with Crippen LogP contribution in [0.3, 0.4) is 0 Å². The average Bonchev–Trinajstić information content (AvgIpc) is 2.43. The van der Waals surface area contributed by atoms with Crippen LogP contribution in [0.5, 0.6) is 0 Å². The van der Waals surface area contributed by atoms with Crippen LogP contribution in [0.4, 0.5) is 0 Å². The Balaban J connectivity index is 4.60. The van der Waals surface area contributed by atoms with Gasteiger partial charge in [-0.15, -0.1) is 0 Å². The molecule has 0 N–H and O–H groups in total. The lowest BCUT2D eigenvalue weighted by Gasteiger charge is -2.26. The molecule has 0 spiro atoms. The van der Waals surface area contributed by atoms with Gasteiger partial charge >= 0.3 is 5.97 Å². The van der Waals surface area contributed by atoms with E-state index in [0.717, 1.165) is 10.6 Å². The monoisotopic (exact) mass is 383 g/mol. The molecule has 24 heavy (non-hydrogen) atoms. The summed E-state index contributed by atoms with van der Waals surface area (Å²) in [6.07, 6.45) is 0.790. The fraction of sp³-hybridized carbons (Fsp3) is 0.643. The van der Waals surface area contributed by atoms with Gasteiger partial charge in [-0.05, 0) is 20.8 Å². The summed E-state index contributed by atoms with van der Waals surface area (Å²) >= 11 is 0. The number of hydrogen-bond acceptors (Lipinski definition) is 7. The zero-order valence-electron chi connectivity index (χ0n) is 14.4. The van der Waals surface area contributed by atoms with E-state index in [1.54, 1.807) is 13.8 Å². The second kappa shape index (κ2) is 9.30. The number of sulfonamides is 1. The van der Waals surface area contributed by atoms with Gasteiger partial charge in [0.2, 0.25) is 0 Å². The Labute approximate surface area is 144 Å². The number of ether oxygens (including phenoxy) is 2. The van der Waals surface area contributed by atoms with Crippen molar-refractivity contribution in [2.24, 2.45) is 0 Å².